The van der Waals surface area contributed by atoms with Crippen LogP contribution >= 0.6 is 0 Å². The summed E-state index contributed by atoms with van der Waals surface area (Å²) < 4.78 is 4.97. The summed E-state index contributed by atoms with van der Waals surface area (Å²) in [6.07, 6.45) is 2.44. The van der Waals surface area contributed by atoms with Crippen molar-refractivity contribution in [1.82, 2.24) is 15.5 Å². The molecule has 2 heterocycles. The van der Waals surface area contributed by atoms with Crippen LogP contribution in [0.2, 0.25) is 0 Å². The Hall–Kier alpha value is -1.10. The van der Waals surface area contributed by atoms with E-state index in [0.717, 1.165) is 25.6 Å². The van der Waals surface area contributed by atoms with Gasteiger partial charge in [-0.1, -0.05) is 5.16 Å². The number of aryl methyl sites for hydroxylation is 1. The molecule has 1 aromatic heterocycles. The van der Waals surface area contributed by atoms with E-state index in [4.69, 9.17) is 4.52 Å². The molecule has 0 amide bonds. The van der Waals surface area contributed by atoms with Crippen LogP contribution in [0.1, 0.15) is 18.7 Å². The van der Waals surface area contributed by atoms with Gasteiger partial charge in [-0.25, -0.2) is 0 Å². The van der Waals surface area contributed by atoms with Crippen molar-refractivity contribution >= 4 is 6.01 Å². The van der Waals surface area contributed by atoms with Gasteiger partial charge in [0, 0.05) is 6.54 Å². The van der Waals surface area contributed by atoms with Crippen LogP contribution in [0, 0.1) is 12.8 Å². The van der Waals surface area contributed by atoms with E-state index in [0.29, 0.717) is 11.8 Å². The number of aromatic nitrogens is 2. The standard InChI is InChI=1S/C9H16N4O/c1-7-12-9(14-13-7)11-6-8-2-4-10-5-3-8/h8,10H,2-6H2,1H3,(H,11,12,13). The number of nitrogens with one attached hydrogen (secondary N) is 2. The number of anilines is 1. The normalized spacial score (nSPS) is 18.4. The van der Waals surface area contributed by atoms with E-state index in [-0.39, 0.29) is 0 Å². The third-order valence-electron chi connectivity index (χ3n) is 2.53. The zero-order valence-electron chi connectivity index (χ0n) is 8.42. The average molecular weight is 196 g/mol. The molecule has 1 saturated heterocycles. The van der Waals surface area contributed by atoms with E-state index in [1.54, 1.807) is 0 Å². The molecule has 5 heteroatoms. The number of hydrogen-bond donors (Lipinski definition) is 2. The van der Waals surface area contributed by atoms with Crippen LogP contribution in [0.25, 0.3) is 0 Å². The molecule has 2 N–H and O–H groups in total. The molecule has 1 aliphatic heterocycles. The van der Waals surface area contributed by atoms with Gasteiger partial charge in [0.25, 0.3) is 0 Å². The van der Waals surface area contributed by atoms with Gasteiger partial charge in [-0.05, 0) is 38.8 Å². The van der Waals surface area contributed by atoms with Gasteiger partial charge >= 0.3 is 6.01 Å². The van der Waals surface area contributed by atoms with Crippen molar-refractivity contribution < 1.29 is 4.52 Å². The Labute approximate surface area is 83.3 Å². The average Bonchev–Trinajstić information content (AvgIpc) is 2.63. The summed E-state index contributed by atoms with van der Waals surface area (Å²) in [6, 6.07) is 0.543. The minimum Gasteiger partial charge on any atom is -0.337 e. The number of hydrogen-bond acceptors (Lipinski definition) is 5. The van der Waals surface area contributed by atoms with E-state index in [2.05, 4.69) is 20.8 Å². The monoisotopic (exact) mass is 196 g/mol. The van der Waals surface area contributed by atoms with Crippen LogP contribution in [0.4, 0.5) is 6.01 Å². The van der Waals surface area contributed by atoms with E-state index < -0.39 is 0 Å². The van der Waals surface area contributed by atoms with E-state index in [9.17, 15) is 0 Å². The van der Waals surface area contributed by atoms with Crippen LogP contribution in [0.3, 0.4) is 0 Å². The Morgan fingerprint density at radius 1 is 1.50 bits per heavy atom. The minimum absolute atomic E-state index is 0.543. The van der Waals surface area contributed by atoms with Crippen LogP contribution in [-0.4, -0.2) is 29.8 Å². The van der Waals surface area contributed by atoms with Crippen LogP contribution in [-0.2, 0) is 0 Å². The van der Waals surface area contributed by atoms with Crippen molar-refractivity contribution in [2.24, 2.45) is 5.92 Å². The highest BCUT2D eigenvalue weighted by Crippen LogP contribution is 2.12. The van der Waals surface area contributed by atoms with Crippen molar-refractivity contribution in [3.05, 3.63) is 5.82 Å². The fourth-order valence-electron chi connectivity index (χ4n) is 1.69. The molecule has 0 radical (unpaired) electrons. The summed E-state index contributed by atoms with van der Waals surface area (Å²) in [5, 5.41) is 10.2. The molecule has 5 nitrogen and oxygen atoms in total. The predicted molar refractivity (Wildman–Crippen MR) is 53.1 cm³/mol. The Morgan fingerprint density at radius 2 is 2.29 bits per heavy atom. The smallest absolute Gasteiger partial charge is 0.321 e. The summed E-state index contributed by atoms with van der Waals surface area (Å²) in [6.45, 7) is 4.99. The first-order valence-corrected chi connectivity index (χ1v) is 5.09. The highest BCUT2D eigenvalue weighted by atomic mass is 16.5. The molecule has 0 spiro atoms. The Morgan fingerprint density at radius 3 is 2.93 bits per heavy atom. The van der Waals surface area contributed by atoms with Crippen molar-refractivity contribution in [2.45, 2.75) is 19.8 Å². The topological polar surface area (TPSA) is 63.0 Å². The molecule has 78 valence electrons. The second-order valence-electron chi connectivity index (χ2n) is 3.72. The van der Waals surface area contributed by atoms with E-state index in [1.807, 2.05) is 6.92 Å². The maximum atomic E-state index is 4.97. The molecule has 14 heavy (non-hydrogen) atoms. The van der Waals surface area contributed by atoms with Gasteiger partial charge in [0.1, 0.15) is 0 Å². The van der Waals surface area contributed by atoms with Gasteiger partial charge in [-0.2, -0.15) is 4.98 Å². The summed E-state index contributed by atoms with van der Waals surface area (Å²) in [5.41, 5.74) is 0. The zero-order valence-corrected chi connectivity index (χ0v) is 8.42. The van der Waals surface area contributed by atoms with Crippen LogP contribution < -0.4 is 10.6 Å². The van der Waals surface area contributed by atoms with E-state index >= 15 is 0 Å². The summed E-state index contributed by atoms with van der Waals surface area (Å²) in [5.74, 6) is 1.40. The molecule has 1 aliphatic rings. The zero-order chi connectivity index (χ0) is 9.80. The van der Waals surface area contributed by atoms with Gasteiger partial charge in [0.2, 0.25) is 0 Å². The molecular formula is C9H16N4O. The molecule has 1 fully saturated rings. The quantitative estimate of drug-likeness (QED) is 0.748. The molecule has 0 unspecified atom stereocenters. The van der Waals surface area contributed by atoms with E-state index in [1.165, 1.54) is 12.8 Å². The molecule has 0 saturated carbocycles. The first-order valence-electron chi connectivity index (χ1n) is 5.09. The summed E-state index contributed by atoms with van der Waals surface area (Å²) in [7, 11) is 0. The third kappa shape index (κ3) is 2.45. The fourth-order valence-corrected chi connectivity index (χ4v) is 1.69. The fraction of sp³-hybridized carbons (Fsp3) is 0.778. The number of piperidine rings is 1. The van der Waals surface area contributed by atoms with Crippen LogP contribution in [0.5, 0.6) is 0 Å². The maximum absolute atomic E-state index is 4.97. The lowest BCUT2D eigenvalue weighted by molar-refractivity contribution is 0.379. The lowest BCUT2D eigenvalue weighted by Crippen LogP contribution is -2.31. The van der Waals surface area contributed by atoms with Gasteiger partial charge in [0.15, 0.2) is 5.82 Å². The lowest BCUT2D eigenvalue weighted by atomic mass is 9.98. The van der Waals surface area contributed by atoms with Crippen LogP contribution in [0.15, 0.2) is 4.52 Å². The minimum atomic E-state index is 0.543. The maximum Gasteiger partial charge on any atom is 0.321 e. The molecule has 0 bridgehead atoms. The first-order chi connectivity index (χ1) is 6.84. The second-order valence-corrected chi connectivity index (χ2v) is 3.72. The SMILES string of the molecule is Cc1noc(NCC2CCNCC2)n1. The first kappa shape index (κ1) is 9.45. The Kier molecular flexibility index (Phi) is 2.98. The highest BCUT2D eigenvalue weighted by Gasteiger charge is 2.13. The molecule has 2 rings (SSSR count). The Bertz CT molecular complexity index is 280. The summed E-state index contributed by atoms with van der Waals surface area (Å²) >= 11 is 0. The number of nitrogens with zero attached hydrogens (tertiary/aromatic N) is 2. The van der Waals surface area contributed by atoms with Gasteiger partial charge in [-0.3, -0.25) is 0 Å². The Balaban J connectivity index is 1.76. The van der Waals surface area contributed by atoms with Crippen molar-refractivity contribution in [1.29, 1.82) is 0 Å². The largest absolute Gasteiger partial charge is 0.337 e. The van der Waals surface area contributed by atoms with Gasteiger partial charge in [-0.15, -0.1) is 0 Å². The summed E-state index contributed by atoms with van der Waals surface area (Å²) in [4.78, 5) is 4.09. The highest BCUT2D eigenvalue weighted by molar-refractivity contribution is 5.17. The van der Waals surface area contributed by atoms with Crippen molar-refractivity contribution in [2.75, 3.05) is 25.0 Å². The molecule has 0 aromatic carbocycles. The molecular weight excluding hydrogens is 180 g/mol. The second kappa shape index (κ2) is 4.41. The van der Waals surface area contributed by atoms with Gasteiger partial charge in [0.05, 0.1) is 0 Å². The predicted octanol–water partition coefficient (Wildman–Crippen LogP) is 0.790. The molecule has 0 aliphatic carbocycles. The van der Waals surface area contributed by atoms with Crippen molar-refractivity contribution in [3.8, 4) is 0 Å². The third-order valence-corrected chi connectivity index (χ3v) is 2.53. The van der Waals surface area contributed by atoms with Gasteiger partial charge < -0.3 is 15.2 Å². The molecule has 1 aromatic rings. The molecule has 0 atom stereocenters. The lowest BCUT2D eigenvalue weighted by Gasteiger charge is -2.22. The number of rotatable bonds is 3. The van der Waals surface area contributed by atoms with Crippen molar-refractivity contribution in [3.63, 3.8) is 0 Å².